The molecule has 2 aromatic rings. The highest BCUT2D eigenvalue weighted by Gasteiger charge is 2.31. The van der Waals surface area contributed by atoms with Gasteiger partial charge in [0.1, 0.15) is 10.7 Å². The molecule has 1 aliphatic rings. The number of aromatic hydroxyl groups is 1. The van der Waals surface area contributed by atoms with Gasteiger partial charge in [0, 0.05) is 5.56 Å². The summed E-state index contributed by atoms with van der Waals surface area (Å²) in [4.78, 5) is 15.0. The summed E-state index contributed by atoms with van der Waals surface area (Å²) in [6, 6.07) is 16.7. The topological polar surface area (TPSA) is 40.5 Å². The lowest BCUT2D eigenvalue weighted by molar-refractivity contribution is 0.244. The predicted molar refractivity (Wildman–Crippen MR) is 93.7 cm³/mol. The van der Waals surface area contributed by atoms with Gasteiger partial charge in [0.25, 0.3) is 5.24 Å². The number of hydrogen-bond acceptors (Lipinski definition) is 4. The van der Waals surface area contributed by atoms with Crippen LogP contribution >= 0.6 is 24.0 Å². The van der Waals surface area contributed by atoms with Gasteiger partial charge < -0.3 is 5.11 Å². The summed E-state index contributed by atoms with van der Waals surface area (Å²) < 4.78 is 0. The Balaban J connectivity index is 1.84. The number of carbonyl (C=O) groups excluding carboxylic acids is 1. The lowest BCUT2D eigenvalue weighted by atomic mass is 10.2. The third-order valence-electron chi connectivity index (χ3n) is 3.28. The summed E-state index contributed by atoms with van der Waals surface area (Å²) in [5, 5.41) is 9.74. The van der Waals surface area contributed by atoms with Crippen molar-refractivity contribution in [2.45, 2.75) is 6.54 Å². The maximum atomic E-state index is 12.2. The Morgan fingerprint density at radius 2 is 1.77 bits per heavy atom. The van der Waals surface area contributed by atoms with E-state index in [2.05, 4.69) is 0 Å². The Bertz CT molecular complexity index is 756. The molecular formula is C17H13NO2S2. The number of phenols is 1. The van der Waals surface area contributed by atoms with Gasteiger partial charge >= 0.3 is 0 Å². The van der Waals surface area contributed by atoms with Crippen molar-refractivity contribution in [1.82, 2.24) is 4.90 Å². The quantitative estimate of drug-likeness (QED) is 0.669. The minimum Gasteiger partial charge on any atom is -0.507 e. The van der Waals surface area contributed by atoms with Crippen LogP contribution in [0.5, 0.6) is 5.75 Å². The van der Waals surface area contributed by atoms with E-state index in [1.165, 1.54) is 0 Å². The van der Waals surface area contributed by atoms with Crippen molar-refractivity contribution in [3.8, 4) is 5.75 Å². The minimum absolute atomic E-state index is 0.0875. The van der Waals surface area contributed by atoms with E-state index in [-0.39, 0.29) is 11.0 Å². The molecule has 1 amide bonds. The zero-order chi connectivity index (χ0) is 15.5. The molecule has 1 N–H and O–H groups in total. The van der Waals surface area contributed by atoms with E-state index in [4.69, 9.17) is 12.2 Å². The number of para-hydroxylation sites is 1. The number of amides is 1. The zero-order valence-electron chi connectivity index (χ0n) is 11.6. The first-order valence-corrected chi connectivity index (χ1v) is 7.95. The molecule has 5 heteroatoms. The SMILES string of the molecule is O=C1SC(=Cc2ccccc2O)C(=S)N1Cc1ccccc1. The van der Waals surface area contributed by atoms with Crippen LogP contribution in [0.2, 0.25) is 0 Å². The molecule has 2 aromatic carbocycles. The van der Waals surface area contributed by atoms with Crippen LogP contribution in [0.15, 0.2) is 59.5 Å². The molecule has 0 aliphatic carbocycles. The van der Waals surface area contributed by atoms with Crippen molar-refractivity contribution >= 4 is 40.3 Å². The van der Waals surface area contributed by atoms with Gasteiger partial charge in [-0.2, -0.15) is 0 Å². The molecule has 0 atom stereocenters. The van der Waals surface area contributed by atoms with Crippen LogP contribution in [0.3, 0.4) is 0 Å². The molecule has 110 valence electrons. The van der Waals surface area contributed by atoms with Gasteiger partial charge in [0.05, 0.1) is 11.4 Å². The maximum absolute atomic E-state index is 12.2. The minimum atomic E-state index is -0.0875. The first kappa shape index (κ1) is 14.8. The fourth-order valence-corrected chi connectivity index (χ4v) is 3.38. The van der Waals surface area contributed by atoms with E-state index in [0.717, 1.165) is 17.3 Å². The third-order valence-corrected chi connectivity index (χ3v) is 4.78. The van der Waals surface area contributed by atoms with Crippen LogP contribution in [-0.2, 0) is 6.54 Å². The normalized spacial score (nSPS) is 16.5. The molecule has 0 spiro atoms. The molecule has 0 unspecified atom stereocenters. The van der Waals surface area contributed by atoms with Crippen molar-refractivity contribution in [3.05, 3.63) is 70.6 Å². The van der Waals surface area contributed by atoms with E-state index in [0.29, 0.717) is 22.0 Å². The summed E-state index contributed by atoms with van der Waals surface area (Å²) in [5.74, 6) is 0.173. The molecule has 1 aliphatic heterocycles. The standard InChI is InChI=1S/C17H13NO2S2/c19-14-9-5-4-8-13(14)10-15-16(21)18(17(20)22-15)11-12-6-2-1-3-7-12/h1-10,19H,11H2. The third kappa shape index (κ3) is 3.05. The number of thioether (sulfide) groups is 1. The van der Waals surface area contributed by atoms with Gasteiger partial charge in [-0.15, -0.1) is 0 Å². The highest BCUT2D eigenvalue weighted by atomic mass is 32.2. The van der Waals surface area contributed by atoms with Crippen LogP contribution in [0, 0.1) is 0 Å². The Hall–Kier alpha value is -2.11. The Labute approximate surface area is 138 Å². The second-order valence-corrected chi connectivity index (χ2v) is 6.19. The average Bonchev–Trinajstić information content (AvgIpc) is 2.78. The lowest BCUT2D eigenvalue weighted by Crippen LogP contribution is -2.26. The van der Waals surface area contributed by atoms with E-state index < -0.39 is 0 Å². The molecule has 0 saturated carbocycles. The van der Waals surface area contributed by atoms with E-state index >= 15 is 0 Å². The van der Waals surface area contributed by atoms with Crippen molar-refractivity contribution in [2.75, 3.05) is 0 Å². The number of nitrogens with zero attached hydrogens (tertiary/aromatic N) is 1. The van der Waals surface area contributed by atoms with Gasteiger partial charge in [-0.05, 0) is 29.5 Å². The molecule has 0 bridgehead atoms. The molecule has 0 aromatic heterocycles. The summed E-state index contributed by atoms with van der Waals surface area (Å²) >= 11 is 6.52. The largest absolute Gasteiger partial charge is 0.507 e. The molecule has 3 nitrogen and oxygen atoms in total. The van der Waals surface area contributed by atoms with Gasteiger partial charge in [-0.3, -0.25) is 9.69 Å². The number of carbonyl (C=O) groups is 1. The molecule has 22 heavy (non-hydrogen) atoms. The number of benzene rings is 2. The first-order valence-electron chi connectivity index (χ1n) is 6.72. The smallest absolute Gasteiger partial charge is 0.291 e. The maximum Gasteiger partial charge on any atom is 0.291 e. The molecule has 1 fully saturated rings. The van der Waals surface area contributed by atoms with E-state index in [9.17, 15) is 9.90 Å². The number of hydrogen-bond donors (Lipinski definition) is 1. The Morgan fingerprint density at radius 1 is 1.09 bits per heavy atom. The second-order valence-electron chi connectivity index (χ2n) is 4.81. The summed E-state index contributed by atoms with van der Waals surface area (Å²) in [6.07, 6.45) is 1.76. The van der Waals surface area contributed by atoms with Gasteiger partial charge in [0.2, 0.25) is 0 Å². The second kappa shape index (κ2) is 6.34. The number of phenolic OH excluding ortho intramolecular Hbond substituents is 1. The predicted octanol–water partition coefficient (Wildman–Crippen LogP) is 4.43. The van der Waals surface area contributed by atoms with Crippen molar-refractivity contribution in [3.63, 3.8) is 0 Å². The number of thiocarbonyl (C=S) groups is 1. The summed E-state index contributed by atoms with van der Waals surface area (Å²) in [6.45, 7) is 0.462. The summed E-state index contributed by atoms with van der Waals surface area (Å²) in [7, 11) is 0. The highest BCUT2D eigenvalue weighted by Crippen LogP contribution is 2.35. The fraction of sp³-hybridized carbons (Fsp3) is 0.0588. The van der Waals surface area contributed by atoms with Crippen LogP contribution < -0.4 is 0 Å². The highest BCUT2D eigenvalue weighted by molar-refractivity contribution is 8.19. The van der Waals surface area contributed by atoms with Crippen molar-refractivity contribution in [1.29, 1.82) is 0 Å². The zero-order valence-corrected chi connectivity index (χ0v) is 13.2. The summed E-state index contributed by atoms with van der Waals surface area (Å²) in [5.41, 5.74) is 1.68. The molecule has 1 saturated heterocycles. The molecular weight excluding hydrogens is 314 g/mol. The molecule has 3 rings (SSSR count). The lowest BCUT2D eigenvalue weighted by Gasteiger charge is -2.14. The van der Waals surface area contributed by atoms with Crippen LogP contribution in [0.4, 0.5) is 4.79 Å². The molecule has 1 heterocycles. The Morgan fingerprint density at radius 3 is 2.50 bits per heavy atom. The van der Waals surface area contributed by atoms with Gasteiger partial charge in [0.15, 0.2) is 0 Å². The van der Waals surface area contributed by atoms with Crippen LogP contribution in [0.25, 0.3) is 6.08 Å². The van der Waals surface area contributed by atoms with Gasteiger partial charge in [-0.25, -0.2) is 0 Å². The van der Waals surface area contributed by atoms with E-state index in [1.54, 1.807) is 29.2 Å². The number of rotatable bonds is 3. The van der Waals surface area contributed by atoms with Gasteiger partial charge in [-0.1, -0.05) is 60.7 Å². The molecule has 0 radical (unpaired) electrons. The van der Waals surface area contributed by atoms with E-state index in [1.807, 2.05) is 36.4 Å². The van der Waals surface area contributed by atoms with Crippen LogP contribution in [-0.4, -0.2) is 20.2 Å². The van der Waals surface area contributed by atoms with Crippen LogP contribution in [0.1, 0.15) is 11.1 Å². The fourth-order valence-electron chi connectivity index (χ4n) is 2.15. The van der Waals surface area contributed by atoms with Crippen molar-refractivity contribution in [2.24, 2.45) is 0 Å². The Kier molecular flexibility index (Phi) is 4.27. The first-order chi connectivity index (χ1) is 10.6. The monoisotopic (exact) mass is 327 g/mol. The average molecular weight is 327 g/mol. The van der Waals surface area contributed by atoms with Crippen molar-refractivity contribution < 1.29 is 9.90 Å².